The Bertz CT molecular complexity index is 2310. The van der Waals surface area contributed by atoms with Crippen LogP contribution >= 0.6 is 0 Å². The summed E-state index contributed by atoms with van der Waals surface area (Å²) in [4.78, 5) is 50.4. The summed E-state index contributed by atoms with van der Waals surface area (Å²) in [6.07, 6.45) is 0. The Balaban J connectivity index is 1.37. The number of carbonyl (C=O) groups is 4. The smallest absolute Gasteiger partial charge is 0.255 e. The number of anilines is 4. The van der Waals surface area contributed by atoms with E-state index >= 15 is 17.6 Å². The largest absolute Gasteiger partial charge is 0.506 e. The molecule has 3 amide bonds. The molecule has 0 aliphatic carbocycles. The van der Waals surface area contributed by atoms with Crippen molar-refractivity contribution >= 4 is 46.3 Å². The Morgan fingerprint density at radius 3 is 1.40 bits per heavy atom. The molecule has 0 fully saturated rings. The van der Waals surface area contributed by atoms with Gasteiger partial charge in [0, 0.05) is 35.0 Å². The van der Waals surface area contributed by atoms with Crippen molar-refractivity contribution in [2.24, 2.45) is 0 Å². The van der Waals surface area contributed by atoms with E-state index in [9.17, 15) is 41.8 Å². The number of phenols is 1. The zero-order valence-corrected chi connectivity index (χ0v) is 27.0. The average molecular weight is 743 g/mol. The minimum Gasteiger partial charge on any atom is -0.506 e. The van der Waals surface area contributed by atoms with E-state index in [1.54, 1.807) is 10.6 Å². The molecule has 9 nitrogen and oxygen atoms in total. The molecule has 0 saturated heterocycles. The van der Waals surface area contributed by atoms with Crippen LogP contribution in [0, 0.1) is 46.5 Å². The second-order valence-corrected chi connectivity index (χ2v) is 11.1. The van der Waals surface area contributed by atoms with E-state index in [2.05, 4.69) is 10.6 Å². The number of amides is 3. The first-order valence-corrected chi connectivity index (χ1v) is 14.9. The Morgan fingerprint density at radius 1 is 0.509 bits per heavy atom. The molecule has 5 aromatic rings. The zero-order valence-electron chi connectivity index (χ0n) is 27.0. The molecule has 5 aromatic carbocycles. The van der Waals surface area contributed by atoms with Crippen molar-refractivity contribution in [2.75, 3.05) is 28.3 Å². The molecule has 0 aromatic heterocycles. The number of phenolic OH excluding ortho intramolecular Hbond substituents is 1. The van der Waals surface area contributed by atoms with Crippen molar-refractivity contribution in [3.05, 3.63) is 136 Å². The average Bonchev–Trinajstić information content (AvgIpc) is 3.14. The van der Waals surface area contributed by atoms with Crippen LogP contribution in [-0.4, -0.2) is 35.7 Å². The van der Waals surface area contributed by atoms with E-state index < -0.39 is 92.3 Å². The highest BCUT2D eigenvalue weighted by Crippen LogP contribution is 2.40. The van der Waals surface area contributed by atoms with Gasteiger partial charge >= 0.3 is 0 Å². The highest BCUT2D eigenvalue weighted by atomic mass is 19.2. The fourth-order valence-corrected chi connectivity index (χ4v) is 5.01. The lowest BCUT2D eigenvalue weighted by Crippen LogP contribution is -2.18. The molecule has 0 spiro atoms. The molecule has 53 heavy (non-hydrogen) atoms. The summed E-state index contributed by atoms with van der Waals surface area (Å²) in [5, 5.41) is 18.5. The first kappa shape index (κ1) is 37.5. The van der Waals surface area contributed by atoms with Gasteiger partial charge in [-0.25, -0.2) is 35.1 Å². The summed E-state index contributed by atoms with van der Waals surface area (Å²) < 4.78 is 118. The fraction of sp³-hybridized carbons (Fsp3) is 0.0556. The molecule has 0 unspecified atom stereocenters. The van der Waals surface area contributed by atoms with Gasteiger partial charge in [-0.05, 0) is 55.5 Å². The molecule has 0 saturated carbocycles. The number of aromatic hydroxyl groups is 1. The summed E-state index contributed by atoms with van der Waals surface area (Å²) in [7, 11) is 0.871. The van der Waals surface area contributed by atoms with E-state index in [0.717, 1.165) is 31.3 Å². The van der Waals surface area contributed by atoms with Crippen LogP contribution in [0.2, 0.25) is 0 Å². The molecule has 0 radical (unpaired) electrons. The highest BCUT2D eigenvalue weighted by molar-refractivity contribution is 6.10. The number of hydrogen-bond acceptors (Lipinski definition) is 6. The molecule has 0 aliphatic rings. The molecular formula is C36H22F8N4O5. The minimum atomic E-state index is -2.50. The van der Waals surface area contributed by atoms with E-state index in [1.165, 1.54) is 49.4 Å². The number of nitrogens with one attached hydrogen (secondary N) is 4. The third kappa shape index (κ3) is 7.21. The van der Waals surface area contributed by atoms with Crippen LogP contribution in [0.15, 0.2) is 66.7 Å². The Morgan fingerprint density at radius 2 is 0.925 bits per heavy atom. The van der Waals surface area contributed by atoms with Gasteiger partial charge in [-0.1, -0.05) is 18.2 Å². The first-order chi connectivity index (χ1) is 25.0. The molecule has 272 valence electrons. The minimum absolute atomic E-state index is 0.0267. The molecule has 0 bridgehead atoms. The maximum atomic E-state index is 15.0. The molecule has 0 atom stereocenters. The van der Waals surface area contributed by atoms with Gasteiger partial charge < -0.3 is 26.4 Å². The van der Waals surface area contributed by atoms with Crippen molar-refractivity contribution in [3.8, 4) is 16.9 Å². The first-order valence-electron chi connectivity index (χ1n) is 14.9. The summed E-state index contributed by atoms with van der Waals surface area (Å²) in [5.41, 5.74) is -7.85. The van der Waals surface area contributed by atoms with Crippen LogP contribution in [0.1, 0.15) is 48.4 Å². The molecule has 0 heterocycles. The second kappa shape index (κ2) is 14.8. The third-order valence-corrected chi connectivity index (χ3v) is 7.69. The van der Waals surface area contributed by atoms with Gasteiger partial charge in [0.25, 0.3) is 17.7 Å². The van der Waals surface area contributed by atoms with Crippen LogP contribution in [0.5, 0.6) is 5.75 Å². The predicted octanol–water partition coefficient (Wildman–Crippen LogP) is 8.17. The predicted molar refractivity (Wildman–Crippen MR) is 176 cm³/mol. The SMILES string of the molecule is CNc1c(F)c(F)c(-c2c(F)c(F)c(NC(=O)c3cccc(C(=O)Nc4ccc(O)c(NC(=O)c5cccc(C(C)=O)c5)c4)c3)c(F)c2F)c(F)c1F. The van der Waals surface area contributed by atoms with Crippen LogP contribution in [0.3, 0.4) is 0 Å². The summed E-state index contributed by atoms with van der Waals surface area (Å²) in [6.45, 7) is 1.31. The van der Waals surface area contributed by atoms with Gasteiger partial charge in [-0.3, -0.25) is 19.2 Å². The molecular weight excluding hydrogens is 720 g/mol. The van der Waals surface area contributed by atoms with Crippen molar-refractivity contribution in [3.63, 3.8) is 0 Å². The number of halogens is 8. The number of carbonyl (C=O) groups excluding carboxylic acids is 4. The standard InChI is InChI=1S/C36H22F8N4O5/c1-14(49)15-5-3-6-16(11-15)35(52)47-20-13-19(9-10-21(20)50)46-34(51)17-7-4-8-18(12-17)36(53)48-33-30(43)26(39)23(27(40)31(33)44)22-24(37)28(41)32(45-2)29(42)25(22)38/h3-13,45,50H,1-2H3,(H,46,51)(H,47,52)(H,48,53). The van der Waals surface area contributed by atoms with Crippen LogP contribution in [0.4, 0.5) is 57.9 Å². The van der Waals surface area contributed by atoms with E-state index in [4.69, 9.17) is 0 Å². The lowest BCUT2D eigenvalue weighted by Gasteiger charge is -2.16. The number of rotatable bonds is 9. The van der Waals surface area contributed by atoms with Crippen molar-refractivity contribution in [1.82, 2.24) is 0 Å². The summed E-state index contributed by atoms with van der Waals surface area (Å²) >= 11 is 0. The lowest BCUT2D eigenvalue weighted by atomic mass is 10.00. The summed E-state index contributed by atoms with van der Waals surface area (Å²) in [6, 6.07) is 13.6. The van der Waals surface area contributed by atoms with E-state index in [0.29, 0.717) is 0 Å². The van der Waals surface area contributed by atoms with Gasteiger partial charge in [0.1, 0.15) is 17.1 Å². The van der Waals surface area contributed by atoms with Crippen molar-refractivity contribution < 1.29 is 59.4 Å². The Labute approximate surface area is 293 Å². The lowest BCUT2D eigenvalue weighted by molar-refractivity contribution is 0.100. The van der Waals surface area contributed by atoms with E-state index in [-0.39, 0.29) is 39.6 Å². The Kier molecular flexibility index (Phi) is 10.5. The monoisotopic (exact) mass is 742 g/mol. The number of Topliss-reactive ketones (excluding diaryl/α,β-unsaturated/α-hetero) is 1. The van der Waals surface area contributed by atoms with E-state index in [1.807, 2.05) is 0 Å². The van der Waals surface area contributed by atoms with Crippen LogP contribution in [0.25, 0.3) is 11.1 Å². The van der Waals surface area contributed by atoms with Crippen LogP contribution < -0.4 is 21.3 Å². The normalized spacial score (nSPS) is 10.8. The van der Waals surface area contributed by atoms with Crippen molar-refractivity contribution in [2.45, 2.75) is 6.92 Å². The van der Waals surface area contributed by atoms with Gasteiger partial charge in [0.05, 0.1) is 16.8 Å². The number of hydrogen-bond donors (Lipinski definition) is 5. The third-order valence-electron chi connectivity index (χ3n) is 7.69. The summed E-state index contributed by atoms with van der Waals surface area (Å²) in [5.74, 6) is -22.5. The quantitative estimate of drug-likeness (QED) is 0.0340. The fourth-order valence-electron chi connectivity index (χ4n) is 5.01. The van der Waals surface area contributed by atoms with Crippen LogP contribution in [-0.2, 0) is 0 Å². The highest BCUT2D eigenvalue weighted by Gasteiger charge is 2.34. The topological polar surface area (TPSA) is 137 Å². The Hall–Kier alpha value is -6.78. The molecule has 5 N–H and O–H groups in total. The van der Waals surface area contributed by atoms with Gasteiger partial charge in [-0.2, -0.15) is 0 Å². The maximum absolute atomic E-state index is 15.0. The number of ketones is 1. The second-order valence-electron chi connectivity index (χ2n) is 11.1. The number of benzene rings is 5. The molecule has 5 rings (SSSR count). The van der Waals surface area contributed by atoms with Crippen molar-refractivity contribution in [1.29, 1.82) is 0 Å². The maximum Gasteiger partial charge on any atom is 0.255 e. The van der Waals surface area contributed by atoms with Gasteiger partial charge in [0.15, 0.2) is 52.3 Å². The van der Waals surface area contributed by atoms with Gasteiger partial charge in [0.2, 0.25) is 0 Å². The molecule has 0 aliphatic heterocycles. The zero-order chi connectivity index (χ0) is 38.9. The molecule has 17 heteroatoms. The van der Waals surface area contributed by atoms with Gasteiger partial charge in [-0.15, -0.1) is 0 Å².